The van der Waals surface area contributed by atoms with Crippen molar-refractivity contribution < 1.29 is 9.53 Å². The number of nitrogens with two attached hydrogens (primary N) is 1. The average Bonchev–Trinajstić information content (AvgIpc) is 2.27. The quantitative estimate of drug-likeness (QED) is 0.720. The van der Waals surface area contributed by atoms with Crippen molar-refractivity contribution in [2.24, 2.45) is 5.73 Å². The highest BCUT2D eigenvalue weighted by Gasteiger charge is 2.29. The lowest BCUT2D eigenvalue weighted by Gasteiger charge is -2.36. The summed E-state index contributed by atoms with van der Waals surface area (Å²) in [5.74, 6) is -0.284. The maximum absolute atomic E-state index is 11.4. The Morgan fingerprint density at radius 1 is 1.44 bits per heavy atom. The second kappa shape index (κ2) is 6.50. The number of morpholine rings is 1. The summed E-state index contributed by atoms with van der Waals surface area (Å²) in [6.07, 6.45) is 2.31. The Bertz CT molecular complexity index is 275. The molecule has 3 unspecified atom stereocenters. The van der Waals surface area contributed by atoms with Crippen molar-refractivity contribution in [1.29, 1.82) is 0 Å². The molecule has 0 aromatic heterocycles. The van der Waals surface area contributed by atoms with Crippen molar-refractivity contribution in [2.75, 3.05) is 26.7 Å². The van der Waals surface area contributed by atoms with Crippen LogP contribution in [0, 0.1) is 0 Å². The van der Waals surface area contributed by atoms with Gasteiger partial charge in [0.05, 0.1) is 17.7 Å². The molecule has 5 heteroatoms. The van der Waals surface area contributed by atoms with Crippen LogP contribution >= 0.6 is 0 Å². The Kier molecular flexibility index (Phi) is 5.56. The minimum atomic E-state index is -0.594. The van der Waals surface area contributed by atoms with E-state index in [0.717, 1.165) is 32.5 Å². The van der Waals surface area contributed by atoms with Gasteiger partial charge in [-0.2, -0.15) is 0 Å². The van der Waals surface area contributed by atoms with Crippen molar-refractivity contribution in [2.45, 2.75) is 51.4 Å². The summed E-state index contributed by atoms with van der Waals surface area (Å²) in [5.41, 5.74) is 4.82. The van der Waals surface area contributed by atoms with Gasteiger partial charge in [0.25, 0.3) is 0 Å². The van der Waals surface area contributed by atoms with Gasteiger partial charge in [0.1, 0.15) is 0 Å². The predicted octanol–water partition coefficient (Wildman–Crippen LogP) is 0.339. The topological polar surface area (TPSA) is 67.6 Å². The summed E-state index contributed by atoms with van der Waals surface area (Å²) in [6, 6.07) is 0. The first-order chi connectivity index (χ1) is 8.37. The molecule has 1 amide bonds. The van der Waals surface area contributed by atoms with E-state index < -0.39 is 5.54 Å². The van der Waals surface area contributed by atoms with Gasteiger partial charge in [0.2, 0.25) is 5.91 Å². The number of ether oxygens (including phenoxy) is 1. The molecular weight excluding hydrogens is 230 g/mol. The van der Waals surface area contributed by atoms with Crippen LogP contribution in [-0.4, -0.2) is 55.2 Å². The van der Waals surface area contributed by atoms with E-state index in [1.807, 2.05) is 6.92 Å². The first kappa shape index (κ1) is 15.4. The van der Waals surface area contributed by atoms with E-state index in [2.05, 4.69) is 24.1 Å². The van der Waals surface area contributed by atoms with Gasteiger partial charge in [-0.3, -0.25) is 9.69 Å². The van der Waals surface area contributed by atoms with Crippen LogP contribution in [0.2, 0.25) is 0 Å². The zero-order valence-electron chi connectivity index (χ0n) is 12.0. The van der Waals surface area contributed by atoms with Crippen LogP contribution in [0.15, 0.2) is 0 Å². The molecule has 0 aromatic rings. The summed E-state index contributed by atoms with van der Waals surface area (Å²) in [5, 5.41) is 3.02. The number of hydrogen-bond acceptors (Lipinski definition) is 4. The molecule has 1 saturated heterocycles. The van der Waals surface area contributed by atoms with E-state index in [-0.39, 0.29) is 5.91 Å². The van der Waals surface area contributed by atoms with Crippen LogP contribution in [0.5, 0.6) is 0 Å². The van der Waals surface area contributed by atoms with Gasteiger partial charge in [-0.25, -0.2) is 0 Å². The van der Waals surface area contributed by atoms with E-state index >= 15 is 0 Å². The molecule has 0 bridgehead atoms. The number of amides is 1. The Balaban J connectivity index is 2.35. The Morgan fingerprint density at radius 2 is 2.00 bits per heavy atom. The molecule has 0 saturated carbocycles. The van der Waals surface area contributed by atoms with Gasteiger partial charge in [0, 0.05) is 13.1 Å². The van der Waals surface area contributed by atoms with Crippen molar-refractivity contribution >= 4 is 5.91 Å². The number of nitrogens with one attached hydrogen (secondary N) is 1. The maximum atomic E-state index is 11.4. The third-order valence-corrected chi connectivity index (χ3v) is 3.74. The molecule has 0 aliphatic carbocycles. The molecule has 1 aliphatic rings. The van der Waals surface area contributed by atoms with Gasteiger partial charge in [0.15, 0.2) is 0 Å². The molecule has 1 heterocycles. The Labute approximate surface area is 110 Å². The van der Waals surface area contributed by atoms with E-state index in [1.54, 1.807) is 7.05 Å². The fourth-order valence-corrected chi connectivity index (χ4v) is 2.49. The number of primary amides is 1. The normalized spacial score (nSPS) is 28.9. The molecule has 1 fully saturated rings. The van der Waals surface area contributed by atoms with E-state index in [1.165, 1.54) is 0 Å². The Hall–Kier alpha value is -0.650. The van der Waals surface area contributed by atoms with Gasteiger partial charge < -0.3 is 15.8 Å². The fourth-order valence-electron chi connectivity index (χ4n) is 2.49. The van der Waals surface area contributed by atoms with E-state index in [4.69, 9.17) is 10.5 Å². The number of carbonyl (C=O) groups is 1. The molecule has 0 radical (unpaired) electrons. The third kappa shape index (κ3) is 4.23. The molecule has 18 heavy (non-hydrogen) atoms. The maximum Gasteiger partial charge on any atom is 0.237 e. The second-order valence-electron chi connectivity index (χ2n) is 5.57. The summed E-state index contributed by atoms with van der Waals surface area (Å²) in [4.78, 5) is 13.8. The molecule has 3 atom stereocenters. The van der Waals surface area contributed by atoms with E-state index in [0.29, 0.717) is 12.2 Å². The number of carbonyl (C=O) groups excluding carboxylic acids is 1. The van der Waals surface area contributed by atoms with Crippen LogP contribution in [-0.2, 0) is 9.53 Å². The molecule has 1 aliphatic heterocycles. The summed E-state index contributed by atoms with van der Waals surface area (Å²) in [6.45, 7) is 8.99. The highest BCUT2D eigenvalue weighted by molar-refractivity contribution is 5.84. The minimum Gasteiger partial charge on any atom is -0.373 e. The fraction of sp³-hybridized carbons (Fsp3) is 0.923. The average molecular weight is 257 g/mol. The lowest BCUT2D eigenvalue weighted by Crippen LogP contribution is -2.52. The standard InChI is InChI=1S/C13H27N3O2/c1-10-8-16(9-11(2)18-10)7-5-6-13(3,15-4)12(14)17/h10-11,15H,5-9H2,1-4H3,(H2,14,17). The van der Waals surface area contributed by atoms with Crippen LogP contribution in [0.1, 0.15) is 33.6 Å². The Morgan fingerprint density at radius 3 is 2.44 bits per heavy atom. The first-order valence-corrected chi connectivity index (χ1v) is 6.74. The number of hydrogen-bond donors (Lipinski definition) is 2. The summed E-state index contributed by atoms with van der Waals surface area (Å²) in [7, 11) is 1.78. The van der Waals surface area contributed by atoms with Gasteiger partial charge in [-0.1, -0.05) is 0 Å². The molecule has 3 N–H and O–H groups in total. The van der Waals surface area contributed by atoms with Gasteiger partial charge >= 0.3 is 0 Å². The largest absolute Gasteiger partial charge is 0.373 e. The number of rotatable bonds is 6. The SMILES string of the molecule is CNC(C)(CCCN1CC(C)OC(C)C1)C(N)=O. The van der Waals surface area contributed by atoms with Crippen molar-refractivity contribution in [3.8, 4) is 0 Å². The van der Waals surface area contributed by atoms with Crippen molar-refractivity contribution in [3.05, 3.63) is 0 Å². The molecule has 5 nitrogen and oxygen atoms in total. The zero-order valence-corrected chi connectivity index (χ0v) is 12.0. The van der Waals surface area contributed by atoms with Gasteiger partial charge in [-0.05, 0) is 47.2 Å². The monoisotopic (exact) mass is 257 g/mol. The van der Waals surface area contributed by atoms with Crippen molar-refractivity contribution in [3.63, 3.8) is 0 Å². The molecule has 1 rings (SSSR count). The predicted molar refractivity (Wildman–Crippen MR) is 72.3 cm³/mol. The highest BCUT2D eigenvalue weighted by Crippen LogP contribution is 2.15. The van der Waals surface area contributed by atoms with Crippen LogP contribution in [0.25, 0.3) is 0 Å². The first-order valence-electron chi connectivity index (χ1n) is 6.74. The summed E-state index contributed by atoms with van der Waals surface area (Å²) < 4.78 is 5.69. The minimum absolute atomic E-state index is 0.284. The van der Waals surface area contributed by atoms with Crippen LogP contribution in [0.4, 0.5) is 0 Å². The van der Waals surface area contributed by atoms with Crippen LogP contribution in [0.3, 0.4) is 0 Å². The van der Waals surface area contributed by atoms with E-state index in [9.17, 15) is 4.79 Å². The molecule has 0 spiro atoms. The molecule has 106 valence electrons. The van der Waals surface area contributed by atoms with Crippen molar-refractivity contribution in [1.82, 2.24) is 10.2 Å². The highest BCUT2D eigenvalue weighted by atomic mass is 16.5. The van der Waals surface area contributed by atoms with Crippen LogP contribution < -0.4 is 11.1 Å². The second-order valence-corrected chi connectivity index (χ2v) is 5.57. The third-order valence-electron chi connectivity index (χ3n) is 3.74. The lowest BCUT2D eigenvalue weighted by atomic mass is 9.95. The lowest BCUT2D eigenvalue weighted by molar-refractivity contribution is -0.124. The molecule has 0 aromatic carbocycles. The number of nitrogens with zero attached hydrogens (tertiary/aromatic N) is 1. The number of likely N-dealkylation sites (N-methyl/N-ethyl adjacent to an activating group) is 1. The summed E-state index contributed by atoms with van der Waals surface area (Å²) >= 11 is 0. The molecular formula is C13H27N3O2. The van der Waals surface area contributed by atoms with Gasteiger partial charge in [-0.15, -0.1) is 0 Å². The zero-order chi connectivity index (χ0) is 13.8. The smallest absolute Gasteiger partial charge is 0.237 e.